The first-order valence-electron chi connectivity index (χ1n) is 11.9. The first kappa shape index (κ1) is 18.6. The predicted octanol–water partition coefficient (Wildman–Crippen LogP) is 4.22. The Morgan fingerprint density at radius 2 is 1.70 bits per heavy atom. The summed E-state index contributed by atoms with van der Waals surface area (Å²) in [5.74, 6) is 5.57. The van der Waals surface area contributed by atoms with E-state index in [1.54, 1.807) is 6.07 Å². The molecule has 30 heavy (non-hydrogen) atoms. The van der Waals surface area contributed by atoms with Crippen LogP contribution >= 0.6 is 0 Å². The van der Waals surface area contributed by atoms with Gasteiger partial charge in [-0.1, -0.05) is 19.3 Å². The number of hydrogen-bond acceptors (Lipinski definition) is 6. The molecule has 0 radical (unpaired) electrons. The highest BCUT2D eigenvalue weighted by Gasteiger charge is 2.54. The summed E-state index contributed by atoms with van der Waals surface area (Å²) in [6, 6.07) is 1.60. The van der Waals surface area contributed by atoms with Crippen molar-refractivity contribution in [2.45, 2.75) is 76.0 Å². The molecule has 0 unspecified atom stereocenters. The van der Waals surface area contributed by atoms with Crippen molar-refractivity contribution >= 4 is 5.95 Å². The van der Waals surface area contributed by atoms with Gasteiger partial charge in [-0.2, -0.15) is 9.67 Å². The van der Waals surface area contributed by atoms with Crippen LogP contribution in [0.25, 0.3) is 5.82 Å². The number of hydrogen-bond donors (Lipinski definition) is 2. The van der Waals surface area contributed by atoms with Gasteiger partial charge in [0.05, 0.1) is 0 Å². The predicted molar refractivity (Wildman–Crippen MR) is 114 cm³/mol. The standard InChI is InChI=1S/C23H32N6O/c30-20-9-19(25-14-26-20)29-21(23-10-16-6-17(11-23)8-18(7-16)12-23)27-22(28-29)24-13-15-4-2-1-3-5-15/h9,14-18H,1-8,10-13H2,(H,24,28)(H,25,26,30). The summed E-state index contributed by atoms with van der Waals surface area (Å²) in [6.45, 7) is 0.944. The van der Waals surface area contributed by atoms with E-state index >= 15 is 0 Å². The van der Waals surface area contributed by atoms with Crippen molar-refractivity contribution in [2.24, 2.45) is 23.7 Å². The van der Waals surface area contributed by atoms with Crippen LogP contribution in [0, 0.1) is 23.7 Å². The van der Waals surface area contributed by atoms with Crippen molar-refractivity contribution in [1.82, 2.24) is 24.7 Å². The molecule has 5 aliphatic rings. The molecule has 0 aliphatic heterocycles. The van der Waals surface area contributed by atoms with Gasteiger partial charge in [0.15, 0.2) is 5.82 Å². The van der Waals surface area contributed by atoms with E-state index in [-0.39, 0.29) is 11.3 Å². The van der Waals surface area contributed by atoms with Gasteiger partial charge in [-0.05, 0) is 75.0 Å². The first-order valence-corrected chi connectivity index (χ1v) is 11.9. The zero-order valence-electron chi connectivity index (χ0n) is 17.6. The van der Waals surface area contributed by atoms with E-state index in [2.05, 4.69) is 15.3 Å². The van der Waals surface area contributed by atoms with Crippen molar-refractivity contribution in [3.05, 3.63) is 18.2 Å². The minimum Gasteiger partial charge on any atom is -0.493 e. The summed E-state index contributed by atoms with van der Waals surface area (Å²) in [6.07, 6.45) is 15.9. The Balaban J connectivity index is 1.35. The molecule has 0 atom stereocenters. The molecule has 7 heteroatoms. The van der Waals surface area contributed by atoms with E-state index < -0.39 is 0 Å². The van der Waals surface area contributed by atoms with Crippen LogP contribution in [0.2, 0.25) is 0 Å². The molecule has 0 amide bonds. The minimum atomic E-state index is -0.0244. The van der Waals surface area contributed by atoms with Crippen molar-refractivity contribution in [3.8, 4) is 11.7 Å². The van der Waals surface area contributed by atoms with Crippen LogP contribution in [0.4, 0.5) is 5.95 Å². The maximum atomic E-state index is 9.95. The van der Waals surface area contributed by atoms with Crippen LogP contribution in [0.1, 0.15) is 76.5 Å². The summed E-state index contributed by atoms with van der Waals surface area (Å²) in [4.78, 5) is 13.4. The third-order valence-corrected chi connectivity index (χ3v) is 8.25. The molecular formula is C23H32N6O. The zero-order valence-corrected chi connectivity index (χ0v) is 17.6. The Morgan fingerprint density at radius 1 is 1.00 bits per heavy atom. The molecule has 0 spiro atoms. The number of aromatic hydroxyl groups is 1. The molecule has 5 fully saturated rings. The molecule has 4 bridgehead atoms. The van der Waals surface area contributed by atoms with E-state index in [0.29, 0.717) is 11.8 Å². The van der Waals surface area contributed by atoms with Gasteiger partial charge in [0.25, 0.3) is 0 Å². The highest BCUT2D eigenvalue weighted by Crippen LogP contribution is 2.60. The van der Waals surface area contributed by atoms with Gasteiger partial charge in [0.1, 0.15) is 12.2 Å². The maximum Gasteiger partial charge on any atom is 0.242 e. The van der Waals surface area contributed by atoms with Crippen LogP contribution in [0.3, 0.4) is 0 Å². The van der Waals surface area contributed by atoms with Crippen LogP contribution in [0.15, 0.2) is 12.4 Å². The Hall–Kier alpha value is -2.18. The third kappa shape index (κ3) is 3.26. The third-order valence-electron chi connectivity index (χ3n) is 8.25. The molecule has 160 valence electrons. The summed E-state index contributed by atoms with van der Waals surface area (Å²) < 4.78 is 1.90. The lowest BCUT2D eigenvalue weighted by molar-refractivity contribution is -0.0104. The molecule has 0 saturated heterocycles. The summed E-state index contributed by atoms with van der Waals surface area (Å²) in [5.41, 5.74) is 0.104. The van der Waals surface area contributed by atoms with E-state index in [0.717, 1.165) is 36.0 Å². The Labute approximate surface area is 177 Å². The minimum absolute atomic E-state index is 0.0244. The van der Waals surface area contributed by atoms with Crippen LogP contribution < -0.4 is 5.32 Å². The SMILES string of the molecule is Oc1cc(-n2nc(NCC3CCCCC3)nc2C23CC4CC(CC(C4)C2)C3)ncn1. The van der Waals surface area contributed by atoms with Crippen LogP contribution in [0.5, 0.6) is 5.88 Å². The van der Waals surface area contributed by atoms with Gasteiger partial charge in [-0.3, -0.25) is 0 Å². The fourth-order valence-electron chi connectivity index (χ4n) is 7.35. The van der Waals surface area contributed by atoms with E-state index in [1.165, 1.54) is 77.0 Å². The molecule has 7 nitrogen and oxygen atoms in total. The van der Waals surface area contributed by atoms with Gasteiger partial charge in [0, 0.05) is 18.0 Å². The van der Waals surface area contributed by atoms with Crippen molar-refractivity contribution < 1.29 is 5.11 Å². The number of nitrogens with one attached hydrogen (secondary N) is 1. The Morgan fingerprint density at radius 3 is 2.37 bits per heavy atom. The van der Waals surface area contributed by atoms with Gasteiger partial charge < -0.3 is 10.4 Å². The summed E-state index contributed by atoms with van der Waals surface area (Å²) >= 11 is 0. The quantitative estimate of drug-likeness (QED) is 0.770. The number of anilines is 1. The smallest absolute Gasteiger partial charge is 0.242 e. The molecule has 7 rings (SSSR count). The highest BCUT2D eigenvalue weighted by molar-refractivity contribution is 5.35. The fourth-order valence-corrected chi connectivity index (χ4v) is 7.35. The lowest BCUT2D eigenvalue weighted by atomic mass is 9.49. The zero-order chi connectivity index (χ0) is 20.1. The average molecular weight is 409 g/mol. The molecule has 2 heterocycles. The van der Waals surface area contributed by atoms with Crippen molar-refractivity contribution in [2.75, 3.05) is 11.9 Å². The largest absolute Gasteiger partial charge is 0.493 e. The molecular weight excluding hydrogens is 376 g/mol. The molecule has 2 aromatic heterocycles. The highest BCUT2D eigenvalue weighted by atomic mass is 16.3. The summed E-state index contributed by atoms with van der Waals surface area (Å²) in [5, 5.41) is 18.4. The second kappa shape index (κ2) is 7.20. The lowest BCUT2D eigenvalue weighted by Gasteiger charge is -2.56. The normalized spacial score (nSPS) is 33.1. The molecule has 0 aromatic carbocycles. The summed E-state index contributed by atoms with van der Waals surface area (Å²) in [7, 11) is 0. The monoisotopic (exact) mass is 408 g/mol. The van der Waals surface area contributed by atoms with Gasteiger partial charge in [-0.25, -0.2) is 9.97 Å². The van der Waals surface area contributed by atoms with E-state index in [9.17, 15) is 5.11 Å². The van der Waals surface area contributed by atoms with Crippen molar-refractivity contribution in [3.63, 3.8) is 0 Å². The molecule has 2 aromatic rings. The van der Waals surface area contributed by atoms with Gasteiger partial charge in [-0.15, -0.1) is 5.10 Å². The Bertz CT molecular complexity index is 883. The second-order valence-corrected chi connectivity index (χ2v) is 10.5. The van der Waals surface area contributed by atoms with Gasteiger partial charge >= 0.3 is 0 Å². The first-order chi connectivity index (χ1) is 14.7. The molecule has 5 saturated carbocycles. The Kier molecular flexibility index (Phi) is 4.46. The van der Waals surface area contributed by atoms with Crippen molar-refractivity contribution in [1.29, 1.82) is 0 Å². The maximum absolute atomic E-state index is 9.95. The fraction of sp³-hybridized carbons (Fsp3) is 0.739. The second-order valence-electron chi connectivity index (χ2n) is 10.5. The average Bonchev–Trinajstić information content (AvgIpc) is 3.18. The molecule has 2 N–H and O–H groups in total. The van der Waals surface area contributed by atoms with E-state index in [1.807, 2.05) is 4.68 Å². The number of aromatic nitrogens is 5. The van der Waals surface area contributed by atoms with Gasteiger partial charge in [0.2, 0.25) is 11.8 Å². The lowest BCUT2D eigenvalue weighted by Crippen LogP contribution is -2.49. The topological polar surface area (TPSA) is 88.8 Å². The number of nitrogens with zero attached hydrogens (tertiary/aromatic N) is 5. The van der Waals surface area contributed by atoms with E-state index in [4.69, 9.17) is 10.1 Å². The molecule has 5 aliphatic carbocycles. The van der Waals surface area contributed by atoms with Crippen LogP contribution in [-0.2, 0) is 5.41 Å². The number of rotatable bonds is 5. The van der Waals surface area contributed by atoms with Crippen LogP contribution in [-0.4, -0.2) is 36.4 Å².